The summed E-state index contributed by atoms with van der Waals surface area (Å²) < 4.78 is 5.51. The lowest BCUT2D eigenvalue weighted by atomic mass is 9.95. The Bertz CT molecular complexity index is 4640. The number of hydrogen-bond donors (Lipinski definition) is 7. The molecule has 8 N–H and O–H groups in total. The highest BCUT2D eigenvalue weighted by molar-refractivity contribution is 6.06. The molecular weight excluding hydrogens is 1610 g/mol. The number of amidine groups is 1. The largest absolute Gasteiger partial charge is 0.378 e. The van der Waals surface area contributed by atoms with Crippen LogP contribution in [-0.2, 0) is 4.74 Å². The molecule has 2 saturated carbocycles. The van der Waals surface area contributed by atoms with Gasteiger partial charge in [0, 0.05) is 223 Å². The van der Waals surface area contributed by atoms with E-state index in [0.29, 0.717) is 29.9 Å². The minimum atomic E-state index is 0.343. The Morgan fingerprint density at radius 3 is 1.57 bits per heavy atom. The summed E-state index contributed by atoms with van der Waals surface area (Å²) in [5.74, 6) is 8.74. The number of nitrogens with one attached hydrogen (secondary N) is 6. The van der Waals surface area contributed by atoms with E-state index in [1.54, 1.807) is 19.4 Å². The molecule has 28 nitrogen and oxygen atoms in total. The van der Waals surface area contributed by atoms with Crippen molar-refractivity contribution in [2.45, 2.75) is 130 Å². The van der Waals surface area contributed by atoms with Crippen molar-refractivity contribution in [1.82, 2.24) is 70.0 Å². The monoisotopic (exact) mass is 1760 g/mol. The van der Waals surface area contributed by atoms with E-state index in [-0.39, 0.29) is 0 Å². The van der Waals surface area contributed by atoms with E-state index < -0.39 is 0 Å². The van der Waals surface area contributed by atoms with Crippen molar-refractivity contribution in [3.63, 3.8) is 0 Å². The third-order valence-electron chi connectivity index (χ3n) is 22.4. The van der Waals surface area contributed by atoms with Crippen LogP contribution < -0.4 is 42.5 Å². The second-order valence-corrected chi connectivity index (χ2v) is 34.4. The van der Waals surface area contributed by atoms with Gasteiger partial charge in [0.2, 0.25) is 17.9 Å². The third kappa shape index (κ3) is 35.2. The molecule has 8 aliphatic rings. The van der Waals surface area contributed by atoms with Gasteiger partial charge < -0.3 is 91.4 Å². The zero-order chi connectivity index (χ0) is 91.9. The number of ether oxygens (including phenoxy) is 1. The van der Waals surface area contributed by atoms with Crippen molar-refractivity contribution in [1.29, 1.82) is 0 Å². The van der Waals surface area contributed by atoms with Gasteiger partial charge in [0.25, 0.3) is 0 Å². The minimum Gasteiger partial charge on any atom is -0.378 e. The van der Waals surface area contributed by atoms with Crippen LogP contribution in [0.4, 0.5) is 45.8 Å². The molecule has 4 saturated heterocycles. The second kappa shape index (κ2) is 55.6. The smallest absolute Gasteiger partial charge is 0.225 e. The lowest BCUT2D eigenvalue weighted by Crippen LogP contribution is -2.51. The summed E-state index contributed by atoms with van der Waals surface area (Å²) in [7, 11) is 23.9. The van der Waals surface area contributed by atoms with E-state index in [2.05, 4.69) is 147 Å². The molecule has 7 aromatic carbocycles. The minimum absolute atomic E-state index is 0.343. The Labute approximate surface area is 771 Å². The van der Waals surface area contributed by atoms with Crippen molar-refractivity contribution >= 4 is 104 Å². The normalized spacial score (nSPS) is 16.3. The molecule has 696 valence electrons. The summed E-state index contributed by atoms with van der Waals surface area (Å²) in [5.41, 5.74) is 14.8. The topological polar surface area (TPSA) is 264 Å². The van der Waals surface area contributed by atoms with E-state index in [1.807, 2.05) is 256 Å². The number of piperazine rings is 1. The number of fused-ring (bicyclic) bond motifs is 3. The molecule has 16 rings (SSSR count). The fourth-order valence-electron chi connectivity index (χ4n) is 16.0. The van der Waals surface area contributed by atoms with Gasteiger partial charge in [-0.15, -0.1) is 0 Å². The van der Waals surface area contributed by atoms with E-state index >= 15 is 0 Å². The molecule has 8 aromatic rings. The quantitative estimate of drug-likeness (QED) is 0.0469. The highest BCUT2D eigenvalue weighted by Gasteiger charge is 2.26. The molecule has 28 heteroatoms. The van der Waals surface area contributed by atoms with Gasteiger partial charge in [-0.25, -0.2) is 34.9 Å². The van der Waals surface area contributed by atoms with E-state index in [0.717, 1.165) is 163 Å². The molecule has 0 bridgehead atoms. The predicted molar refractivity (Wildman–Crippen MR) is 546 cm³/mol. The van der Waals surface area contributed by atoms with Crippen LogP contribution in [0.3, 0.4) is 0 Å². The van der Waals surface area contributed by atoms with Crippen molar-refractivity contribution in [3.05, 3.63) is 206 Å². The number of rotatable bonds is 11. The Kier molecular flexibility index (Phi) is 43.4. The number of nitrogens with zero attached hydrogens (tertiary/aromatic N) is 20. The highest BCUT2D eigenvalue weighted by atomic mass is 16.5. The summed E-state index contributed by atoms with van der Waals surface area (Å²) in [6.45, 7) is 25.2. The average molecular weight is 1760 g/mol. The van der Waals surface area contributed by atoms with Crippen LogP contribution in [0.2, 0.25) is 0 Å². The van der Waals surface area contributed by atoms with Crippen LogP contribution >= 0.6 is 0 Å². The first-order chi connectivity index (χ1) is 62.6. The first-order valence-electron chi connectivity index (χ1n) is 46.6. The van der Waals surface area contributed by atoms with Gasteiger partial charge >= 0.3 is 0 Å². The maximum atomic E-state index is 5.91. The van der Waals surface area contributed by atoms with Gasteiger partial charge in [-0.3, -0.25) is 15.0 Å². The maximum Gasteiger partial charge on any atom is 0.225 e. The number of anilines is 4. The number of aryl methyl sites for hydroxylation is 2. The third-order valence-corrected chi connectivity index (χ3v) is 22.4. The maximum absolute atomic E-state index is 5.91. The van der Waals surface area contributed by atoms with Crippen LogP contribution in [0.15, 0.2) is 234 Å². The van der Waals surface area contributed by atoms with Gasteiger partial charge in [-0.1, -0.05) is 168 Å². The number of guanidine groups is 7. The molecule has 2 aliphatic carbocycles. The van der Waals surface area contributed by atoms with E-state index in [1.165, 1.54) is 135 Å². The Hall–Kier alpha value is -12.0. The number of morpholine rings is 1. The lowest BCUT2D eigenvalue weighted by Gasteiger charge is -2.39. The summed E-state index contributed by atoms with van der Waals surface area (Å²) in [6, 6.07) is 61.2. The summed E-state index contributed by atoms with van der Waals surface area (Å²) in [5, 5.41) is 22.3. The van der Waals surface area contributed by atoms with Gasteiger partial charge in [0.15, 0.2) is 29.8 Å². The van der Waals surface area contributed by atoms with Gasteiger partial charge in [-0.05, 0) is 148 Å². The van der Waals surface area contributed by atoms with Crippen LogP contribution in [0, 0.1) is 19.8 Å². The average Bonchev–Trinajstić information content (AvgIpc) is 0.789. The van der Waals surface area contributed by atoms with Gasteiger partial charge in [0.05, 0.1) is 42.0 Å². The Morgan fingerprint density at radius 1 is 0.481 bits per heavy atom. The zero-order valence-electron chi connectivity index (χ0n) is 80.4. The van der Waals surface area contributed by atoms with Crippen LogP contribution in [0.5, 0.6) is 0 Å². The summed E-state index contributed by atoms with van der Waals surface area (Å²) >= 11 is 0. The number of aromatic nitrogens is 2. The van der Waals surface area contributed by atoms with Crippen LogP contribution in [0.25, 0.3) is 10.8 Å². The fourth-order valence-corrected chi connectivity index (χ4v) is 16.0. The standard InChI is InChI=1S/C21H31N5.C19H17N3.C17H31N3O.C15H17N3.C8H12N4.C8H15N3.C7H13N3.C6H15N3/c1-15(2)20(24(3)4)22-17-13-9-11-16-12-10-14-18(19(16)17)23-21(25(5)6)26(7)8;1-4-10-16(11-5-1)20-19(21-17-12-6-2-7-13-17)22-18-14-8-3-9-15-18;1-3-7-15(8-4-1)18-17(20-11-13-21-14-12-20)19-16-9-5-2-6-10-16;1-11-7-3-5-9-13(11)17-15(16)18-14-10-6-4-8-12(14)2;1-2-10-8(11-3-1)12-6-4-9-5-7-12;1-10-5-3-7-11-6-2-4-9-8(10)11;1-3-8-7-9-4-2-6-10(7)5-1;1-7-6(8(2)3)9(4)5/h9-15H,1-8H3;1-15H,(H2,20,21,22);15-16H,1-14H2,(H,18,19);3-10H,1-2H3,(H3,16,17,18);1-3,9H,4-7H2;2-7H2,1H3;1-6H2,(H,8,9);1-5H3. The highest BCUT2D eigenvalue weighted by Crippen LogP contribution is 2.36. The van der Waals surface area contributed by atoms with Crippen LogP contribution in [0.1, 0.15) is 115 Å². The molecule has 0 atom stereocenters. The Morgan fingerprint density at radius 2 is 1.02 bits per heavy atom. The first-order valence-corrected chi connectivity index (χ1v) is 46.6. The molecule has 0 amide bonds. The molecule has 0 spiro atoms. The zero-order valence-corrected chi connectivity index (χ0v) is 80.4. The molecule has 129 heavy (non-hydrogen) atoms. The predicted octanol–water partition coefficient (Wildman–Crippen LogP) is 15.8. The van der Waals surface area contributed by atoms with Crippen molar-refractivity contribution in [3.8, 4) is 0 Å². The summed E-state index contributed by atoms with van der Waals surface area (Å²) in [6.07, 6.45) is 22.0. The molecule has 0 unspecified atom stereocenters. The van der Waals surface area contributed by atoms with Crippen molar-refractivity contribution < 1.29 is 4.74 Å². The van der Waals surface area contributed by atoms with Crippen molar-refractivity contribution in [2.24, 2.45) is 51.6 Å². The Balaban J connectivity index is 0.000000170. The molecule has 1 aromatic heterocycles. The fraction of sp³-hybridized carbons (Fsp3) is 0.485. The van der Waals surface area contributed by atoms with Crippen molar-refractivity contribution in [2.75, 3.05) is 210 Å². The number of benzene rings is 7. The molecule has 6 fully saturated rings. The van der Waals surface area contributed by atoms with Gasteiger partial charge in [0.1, 0.15) is 5.84 Å². The number of para-hydroxylation sites is 5. The molecule has 7 heterocycles. The van der Waals surface area contributed by atoms with Crippen LogP contribution in [-0.4, -0.2) is 303 Å². The summed E-state index contributed by atoms with van der Waals surface area (Å²) in [4.78, 5) is 67.1. The van der Waals surface area contributed by atoms with Gasteiger partial charge in [-0.2, -0.15) is 0 Å². The number of nitrogens with two attached hydrogens (primary N) is 1. The SMILES string of the molecule is C1CCC(N=C(NC2CCCCC2)N2CCOCC2)CC1.C1CN=C2NCCCN2C1.CC(C)C(=Nc1cccc2cccc(N=C(N(C)C)N(C)C)c12)N(C)C.CN1CCCN2CCCN=C12.CN=C(N(C)C)N(C)C.Cc1ccccc1N=C(N)Nc1ccccc1C.c1ccc(N=C(Nc2ccccc2)Nc2ccccc2)cc1.c1cnc(N2CCNCC2)nc1. The molecule has 6 aliphatic heterocycles. The lowest BCUT2D eigenvalue weighted by molar-refractivity contribution is 0.0657. The first kappa shape index (κ1) is 101. The molecule has 0 radical (unpaired) electrons. The number of hydrogen-bond acceptors (Lipinski definition) is 17. The second-order valence-electron chi connectivity index (χ2n) is 34.4. The number of aliphatic imine (C=N–C) groups is 8. The van der Waals surface area contributed by atoms with E-state index in [4.69, 9.17) is 25.4 Å². The van der Waals surface area contributed by atoms with E-state index in [9.17, 15) is 0 Å². The molecular formula is C101H151N27O.